The number of hydrogen-bond acceptors (Lipinski definition) is 6. The second-order valence-corrected chi connectivity index (χ2v) is 16.9. The minimum Gasteiger partial charge on any atom is -0.478 e. The van der Waals surface area contributed by atoms with Crippen LogP contribution in [0.2, 0.25) is 0 Å². The Hall–Kier alpha value is -6.32. The molecule has 5 N–H and O–H groups in total. The van der Waals surface area contributed by atoms with E-state index in [-0.39, 0.29) is 16.7 Å². The van der Waals surface area contributed by atoms with Gasteiger partial charge in [-0.1, -0.05) is 84.9 Å². The molecule has 6 aromatic carbocycles. The Kier molecular flexibility index (Phi) is 11.7. The molecule has 2 heterocycles. The highest BCUT2D eigenvalue weighted by molar-refractivity contribution is 7.20. The van der Waals surface area contributed by atoms with Crippen LogP contribution in [0.1, 0.15) is 66.6 Å². The van der Waals surface area contributed by atoms with Crippen LogP contribution in [0.15, 0.2) is 146 Å². The maximum atomic E-state index is 13.1. The summed E-state index contributed by atoms with van der Waals surface area (Å²) < 4.78 is 80.5. The fraction of sp³-hybridized carbons (Fsp3) is 0.125. The zero-order valence-electron chi connectivity index (χ0n) is 32.7. The smallest absolute Gasteiger partial charge is 0.416 e. The molecule has 1 amide bonds. The molecule has 0 saturated heterocycles. The standard InChI is InChI=1S/C24H18F3NO2S.C24H17F3O3S/c2*1-23(30,17-8-4-9-18(13-17)24(25,26)27)20-12-15-6-3-10-19(21(15)31-20)14-5-2-7-16(11-14)22(28)29/h2-13,30H,1H3,(H2,28,29);2-13,30H,1H3,(H,28,29). The predicted octanol–water partition coefficient (Wildman–Crippen LogP) is 12.5. The number of nitrogens with two attached hydrogens (primary N) is 1. The van der Waals surface area contributed by atoms with Crippen molar-refractivity contribution in [3.63, 3.8) is 0 Å². The molecule has 6 nitrogen and oxygen atoms in total. The van der Waals surface area contributed by atoms with E-state index in [2.05, 4.69) is 0 Å². The van der Waals surface area contributed by atoms with Gasteiger partial charge in [-0.05, 0) is 119 Å². The third-order valence-electron chi connectivity index (χ3n) is 10.4. The Morgan fingerprint density at radius 2 is 0.871 bits per heavy atom. The van der Waals surface area contributed by atoms with Crippen LogP contribution in [-0.4, -0.2) is 27.2 Å². The van der Waals surface area contributed by atoms with E-state index in [0.29, 0.717) is 20.9 Å². The van der Waals surface area contributed by atoms with Crippen molar-refractivity contribution in [3.8, 4) is 22.3 Å². The lowest BCUT2D eigenvalue weighted by molar-refractivity contribution is -0.138. The van der Waals surface area contributed by atoms with Crippen LogP contribution >= 0.6 is 22.7 Å². The zero-order chi connectivity index (χ0) is 44.8. The topological polar surface area (TPSA) is 121 Å². The number of aliphatic hydroxyl groups is 2. The first-order chi connectivity index (χ1) is 29.1. The molecule has 0 bridgehead atoms. The summed E-state index contributed by atoms with van der Waals surface area (Å²) in [6.07, 6.45) is -9.00. The molecule has 62 heavy (non-hydrogen) atoms. The maximum absolute atomic E-state index is 13.1. The van der Waals surface area contributed by atoms with Crippen LogP contribution in [0, 0.1) is 0 Å². The average Bonchev–Trinajstić information content (AvgIpc) is 3.90. The lowest BCUT2D eigenvalue weighted by atomic mass is 9.92. The fourth-order valence-corrected chi connectivity index (χ4v) is 9.53. The summed E-state index contributed by atoms with van der Waals surface area (Å²) in [7, 11) is 0. The van der Waals surface area contributed by atoms with Gasteiger partial charge in [0, 0.05) is 24.7 Å². The molecule has 0 saturated carbocycles. The van der Waals surface area contributed by atoms with Gasteiger partial charge in [-0.2, -0.15) is 26.3 Å². The molecule has 2 unspecified atom stereocenters. The number of carbonyl (C=O) groups is 2. The predicted molar refractivity (Wildman–Crippen MR) is 230 cm³/mol. The third kappa shape index (κ3) is 8.86. The molecular weight excluding hydrogens is 849 g/mol. The van der Waals surface area contributed by atoms with Crippen molar-refractivity contribution in [2.45, 2.75) is 37.4 Å². The van der Waals surface area contributed by atoms with Gasteiger partial charge in [0.15, 0.2) is 0 Å². The molecule has 8 rings (SSSR count). The number of fused-ring (bicyclic) bond motifs is 2. The van der Waals surface area contributed by atoms with Gasteiger partial charge in [0.1, 0.15) is 11.2 Å². The molecule has 2 aromatic heterocycles. The zero-order valence-corrected chi connectivity index (χ0v) is 34.3. The highest BCUT2D eigenvalue weighted by atomic mass is 32.1. The Bertz CT molecular complexity index is 2780. The molecule has 8 aromatic rings. The van der Waals surface area contributed by atoms with E-state index in [1.807, 2.05) is 42.5 Å². The van der Waals surface area contributed by atoms with Crippen LogP contribution in [0.4, 0.5) is 26.3 Å². The molecule has 316 valence electrons. The lowest BCUT2D eigenvalue weighted by Crippen LogP contribution is -2.22. The second-order valence-electron chi connectivity index (χ2n) is 14.8. The van der Waals surface area contributed by atoms with Crippen LogP contribution in [-0.2, 0) is 23.6 Å². The third-order valence-corrected chi connectivity index (χ3v) is 13.2. The average molecular weight is 884 g/mol. The minimum atomic E-state index is -4.51. The van der Waals surface area contributed by atoms with Crippen molar-refractivity contribution in [1.82, 2.24) is 0 Å². The van der Waals surface area contributed by atoms with Gasteiger partial charge in [0.2, 0.25) is 5.91 Å². The van der Waals surface area contributed by atoms with Crippen molar-refractivity contribution in [1.29, 1.82) is 0 Å². The SMILES string of the molecule is CC(O)(c1cccc(C(F)(F)F)c1)c1cc2cccc(-c3cccc(C(=O)O)c3)c2s1.CC(O)(c1cccc(C(F)(F)F)c1)c1cc2cccc(-c3cccc(C(N)=O)c3)c2s1. The number of thiophene rings is 2. The van der Waals surface area contributed by atoms with Gasteiger partial charge in [-0.3, -0.25) is 4.79 Å². The molecule has 0 radical (unpaired) electrons. The number of aromatic carboxylic acids is 1. The number of carboxylic acid groups (broad SMARTS) is 1. The van der Waals surface area contributed by atoms with Gasteiger partial charge in [0.05, 0.1) is 16.7 Å². The molecule has 0 spiro atoms. The van der Waals surface area contributed by atoms with Crippen LogP contribution in [0.25, 0.3) is 42.4 Å². The largest absolute Gasteiger partial charge is 0.478 e. The number of primary amides is 1. The van der Waals surface area contributed by atoms with E-state index in [1.165, 1.54) is 66.9 Å². The quantitative estimate of drug-likeness (QED) is 0.113. The fourth-order valence-electron chi connectivity index (χ4n) is 7.00. The van der Waals surface area contributed by atoms with Gasteiger partial charge in [-0.15, -0.1) is 22.7 Å². The Morgan fingerprint density at radius 3 is 1.27 bits per heavy atom. The van der Waals surface area contributed by atoms with E-state index in [9.17, 15) is 51.3 Å². The number of amides is 1. The molecule has 0 aliphatic carbocycles. The summed E-state index contributed by atoms with van der Waals surface area (Å²) in [5.74, 6) is -1.57. The van der Waals surface area contributed by atoms with E-state index in [1.54, 1.807) is 48.5 Å². The highest BCUT2D eigenvalue weighted by Crippen LogP contribution is 2.44. The first-order valence-electron chi connectivity index (χ1n) is 18.7. The first-order valence-corrected chi connectivity index (χ1v) is 20.4. The lowest BCUT2D eigenvalue weighted by Gasteiger charge is -2.23. The molecule has 0 aliphatic heterocycles. The van der Waals surface area contributed by atoms with Gasteiger partial charge in [0.25, 0.3) is 0 Å². The highest BCUT2D eigenvalue weighted by Gasteiger charge is 2.36. The van der Waals surface area contributed by atoms with Crippen molar-refractivity contribution in [3.05, 3.63) is 189 Å². The van der Waals surface area contributed by atoms with Gasteiger partial charge < -0.3 is 21.1 Å². The van der Waals surface area contributed by atoms with Crippen molar-refractivity contribution in [2.75, 3.05) is 0 Å². The van der Waals surface area contributed by atoms with Crippen molar-refractivity contribution >= 4 is 54.7 Å². The summed E-state index contributed by atoms with van der Waals surface area (Å²) in [5.41, 5.74) is 4.47. The summed E-state index contributed by atoms with van der Waals surface area (Å²) in [4.78, 5) is 23.9. The summed E-state index contributed by atoms with van der Waals surface area (Å²) in [6.45, 7) is 2.96. The monoisotopic (exact) mass is 883 g/mol. The van der Waals surface area contributed by atoms with Gasteiger partial charge in [-0.25, -0.2) is 4.79 Å². The van der Waals surface area contributed by atoms with Gasteiger partial charge >= 0.3 is 18.3 Å². The number of halogens is 6. The summed E-state index contributed by atoms with van der Waals surface area (Å²) >= 11 is 2.57. The van der Waals surface area contributed by atoms with Crippen LogP contribution in [0.5, 0.6) is 0 Å². The molecule has 0 fully saturated rings. The number of rotatable bonds is 8. The second kappa shape index (κ2) is 16.5. The number of benzene rings is 6. The molecular formula is C48H35F6NO5S2. The van der Waals surface area contributed by atoms with Crippen LogP contribution < -0.4 is 5.73 Å². The first kappa shape index (κ1) is 43.8. The molecule has 14 heteroatoms. The molecule has 2 atom stereocenters. The minimum absolute atomic E-state index is 0.142. The number of alkyl halides is 6. The van der Waals surface area contributed by atoms with E-state index in [0.717, 1.165) is 61.1 Å². The van der Waals surface area contributed by atoms with E-state index in [4.69, 9.17) is 5.73 Å². The van der Waals surface area contributed by atoms with Crippen molar-refractivity contribution in [2.24, 2.45) is 5.73 Å². The Balaban J connectivity index is 0.000000186. The molecule has 0 aliphatic rings. The Labute approximate surface area is 358 Å². The van der Waals surface area contributed by atoms with E-state index < -0.39 is 46.6 Å². The summed E-state index contributed by atoms with van der Waals surface area (Å²) in [6, 6.07) is 37.5. The number of carboxylic acids is 1. The van der Waals surface area contributed by atoms with E-state index >= 15 is 0 Å². The normalized spacial score (nSPS) is 13.8. The number of hydrogen-bond donors (Lipinski definition) is 4. The number of carbonyl (C=O) groups excluding carboxylic acids is 1. The van der Waals surface area contributed by atoms with Crippen LogP contribution in [0.3, 0.4) is 0 Å². The maximum Gasteiger partial charge on any atom is 0.416 e. The van der Waals surface area contributed by atoms with Crippen molar-refractivity contribution < 1.29 is 51.3 Å². The Morgan fingerprint density at radius 1 is 0.500 bits per heavy atom. The summed E-state index contributed by atoms with van der Waals surface area (Å²) in [5, 5.41) is 33.3.